The molecule has 7 unspecified atom stereocenters. The Morgan fingerprint density at radius 2 is 1.61 bits per heavy atom. The number of aliphatic hydroxyl groups excluding tert-OH is 2. The molecule has 1 saturated heterocycles. The number of aryl methyl sites for hydroxylation is 2. The third kappa shape index (κ3) is 18.1. The van der Waals surface area contributed by atoms with Gasteiger partial charge in [0.25, 0.3) is 15.6 Å². The van der Waals surface area contributed by atoms with Gasteiger partial charge in [-0.05, 0) is 73.3 Å². The van der Waals surface area contributed by atoms with Crippen molar-refractivity contribution in [3.05, 3.63) is 48.0 Å². The van der Waals surface area contributed by atoms with Crippen LogP contribution in [0.4, 0.5) is 5.82 Å². The Balaban J connectivity index is 0.975. The van der Waals surface area contributed by atoms with Gasteiger partial charge in [-0.3, -0.25) is 32.9 Å². The predicted octanol–water partition coefficient (Wildman–Crippen LogP) is 0.853. The molecule has 7 N–H and O–H groups in total. The van der Waals surface area contributed by atoms with Crippen LogP contribution in [-0.2, 0) is 68.3 Å². The summed E-state index contributed by atoms with van der Waals surface area (Å²) in [7, 11) is -17.7. The average Bonchev–Trinajstić information content (AvgIpc) is 3.76. The van der Waals surface area contributed by atoms with E-state index in [2.05, 4.69) is 61.7 Å². The minimum Gasteiger partial charge on any atom is -0.790 e. The summed E-state index contributed by atoms with van der Waals surface area (Å²) in [6.45, 7) is 3.88. The molecule has 26 nitrogen and oxygen atoms in total. The molecule has 1 aliphatic heterocycles. The van der Waals surface area contributed by atoms with E-state index in [0.29, 0.717) is 6.42 Å². The third-order valence-corrected chi connectivity index (χ3v) is 15.4. The number of carbonyl (C=O) groups is 4. The molecule has 1 aromatic carbocycles. The second-order valence-corrected chi connectivity index (χ2v) is 23.8. The summed E-state index contributed by atoms with van der Waals surface area (Å²) in [5.41, 5.74) is 6.20. The number of ketones is 1. The number of imidazole rings is 1. The summed E-state index contributed by atoms with van der Waals surface area (Å²) >= 11 is 0. The number of hydrogen-bond acceptors (Lipinski definition) is 22. The first-order chi connectivity index (χ1) is 33.5. The van der Waals surface area contributed by atoms with Gasteiger partial charge in [0, 0.05) is 37.8 Å². The number of phosphoric ester groups is 3. The van der Waals surface area contributed by atoms with Crippen molar-refractivity contribution in [3.63, 3.8) is 0 Å². The van der Waals surface area contributed by atoms with Crippen molar-refractivity contribution >= 4 is 64.0 Å². The smallest absolute Gasteiger partial charge is 0.303 e. The number of nitrogen functional groups attached to an aromatic ring is 1. The van der Waals surface area contributed by atoms with E-state index in [1.807, 2.05) is 19.9 Å². The molecule has 2 amide bonds. The van der Waals surface area contributed by atoms with Crippen molar-refractivity contribution in [3.8, 4) is 0 Å². The number of benzene rings is 1. The van der Waals surface area contributed by atoms with Crippen LogP contribution in [0.5, 0.6) is 0 Å². The van der Waals surface area contributed by atoms with Crippen LogP contribution in [0.2, 0.25) is 0 Å². The van der Waals surface area contributed by atoms with Gasteiger partial charge in [-0.1, -0.05) is 52.0 Å². The van der Waals surface area contributed by atoms with E-state index in [4.69, 9.17) is 15.6 Å². The predicted molar refractivity (Wildman–Crippen MR) is 245 cm³/mol. The Morgan fingerprint density at radius 1 is 0.958 bits per heavy atom. The average molecular weight is 1070 g/mol. The summed E-state index contributed by atoms with van der Waals surface area (Å²) < 4.78 is 61.0. The van der Waals surface area contributed by atoms with E-state index in [-0.39, 0.29) is 65.9 Å². The molecule has 72 heavy (non-hydrogen) atoms. The van der Waals surface area contributed by atoms with Crippen LogP contribution in [0.25, 0.3) is 11.2 Å². The number of carbonyl (C=O) groups excluding carboxylic acids is 3. The molecule has 3 heterocycles. The van der Waals surface area contributed by atoms with Gasteiger partial charge in [-0.15, -0.1) is 0 Å². The first-order valence-electron chi connectivity index (χ1n) is 23.1. The van der Waals surface area contributed by atoms with Crippen LogP contribution in [0.15, 0.2) is 36.9 Å². The highest BCUT2D eigenvalue weighted by Crippen LogP contribution is 2.57. The fourth-order valence-electron chi connectivity index (χ4n) is 8.33. The lowest BCUT2D eigenvalue weighted by atomic mass is 9.83. The minimum absolute atomic E-state index is 0.0253. The zero-order chi connectivity index (χ0) is 53.3. The number of anilines is 1. The maximum atomic E-state index is 12.9. The number of hydrogen-bond donors (Lipinski definition) is 6. The number of phosphoric acid groups is 3. The van der Waals surface area contributed by atoms with Gasteiger partial charge in [0.15, 0.2) is 17.7 Å². The van der Waals surface area contributed by atoms with E-state index in [1.165, 1.54) is 25.0 Å². The first kappa shape index (κ1) is 58.8. The molecule has 1 saturated carbocycles. The van der Waals surface area contributed by atoms with Gasteiger partial charge in [0.2, 0.25) is 11.8 Å². The van der Waals surface area contributed by atoms with Crippen LogP contribution < -0.4 is 35.9 Å². The fraction of sp³-hybridized carbons (Fsp3) is 0.651. The Bertz CT molecular complexity index is 2540. The Labute approximate surface area is 415 Å². The molecule has 1 aliphatic carbocycles. The van der Waals surface area contributed by atoms with E-state index in [9.17, 15) is 62.7 Å². The van der Waals surface area contributed by atoms with E-state index < -0.39 is 90.5 Å². The molecule has 0 radical (unpaired) electrons. The number of carboxylic acid groups (broad SMARTS) is 1. The van der Waals surface area contributed by atoms with Gasteiger partial charge >= 0.3 is 5.97 Å². The van der Waals surface area contributed by atoms with Crippen molar-refractivity contribution in [2.45, 2.75) is 135 Å². The fourth-order valence-corrected chi connectivity index (χ4v) is 11.1. The van der Waals surface area contributed by atoms with Crippen molar-refractivity contribution in [1.29, 1.82) is 0 Å². The van der Waals surface area contributed by atoms with Crippen LogP contribution in [0, 0.1) is 16.2 Å². The van der Waals surface area contributed by atoms with E-state index in [1.54, 1.807) is 0 Å². The zero-order valence-corrected chi connectivity index (χ0v) is 42.9. The molecule has 7 atom stereocenters. The van der Waals surface area contributed by atoms with Crippen LogP contribution in [-0.4, -0.2) is 109 Å². The normalized spacial score (nSPS) is 21.1. The number of nitrogens with zero attached hydrogens (tertiary/aromatic N) is 4. The van der Waals surface area contributed by atoms with Gasteiger partial charge < -0.3 is 74.1 Å². The first-order valence-corrected chi connectivity index (χ1v) is 27.5. The zero-order valence-electron chi connectivity index (χ0n) is 40.2. The number of aromatic nitrogens is 4. The van der Waals surface area contributed by atoms with Crippen molar-refractivity contribution in [2.24, 2.45) is 16.2 Å². The summed E-state index contributed by atoms with van der Waals surface area (Å²) in [6, 6.07) is 8.41. The molecule has 0 spiro atoms. The molecule has 3 aromatic rings. The van der Waals surface area contributed by atoms with Gasteiger partial charge in [0.05, 0.1) is 33.8 Å². The van der Waals surface area contributed by atoms with E-state index in [0.717, 1.165) is 68.6 Å². The maximum absolute atomic E-state index is 12.9. The molecule has 5 rings (SSSR count). The molecular formula is C43H62N7O19P3-4. The number of aliphatic carboxylic acids is 1. The van der Waals surface area contributed by atoms with Crippen LogP contribution >= 0.6 is 23.5 Å². The summed E-state index contributed by atoms with van der Waals surface area (Å²) in [5, 5.41) is 35.6. The van der Waals surface area contributed by atoms with Gasteiger partial charge in [-0.25, -0.2) is 19.3 Å². The van der Waals surface area contributed by atoms with Gasteiger partial charge in [0.1, 0.15) is 42.0 Å². The molecule has 402 valence electrons. The number of fused-ring (bicyclic) bond motifs is 1. The molecule has 29 heteroatoms. The lowest BCUT2D eigenvalue weighted by Gasteiger charge is -2.36. The third-order valence-electron chi connectivity index (χ3n) is 12.4. The standard InChI is InChI=1S/C43H66N7O19P3/c1-41(2,22-32(53)54)14-6-10-27-8-5-9-28(20-27)11-7-15-43(16-17-43)21-29(51)12-18-45-31(52)13-19-46-39(57)36(56)42(3,4)24-66-72(63,64)69-71(61,62)65-23-30-35(68-70(58,59)60)34(55)40(67-30)50-26-49-33-37(44)47-25-48-38(33)50/h5,8-9,20,25-26,30,34-36,40,55-56H,6-7,10-19,21-24H2,1-4H3,(H,45,52)(H,46,57)(H,53,54)(H,61,62)(H,63,64)(H2,44,47,48)(H2,58,59,60)/p-4. The van der Waals surface area contributed by atoms with Crippen LogP contribution in [0.1, 0.15) is 109 Å². The van der Waals surface area contributed by atoms with Crippen LogP contribution in [0.3, 0.4) is 0 Å². The lowest BCUT2D eigenvalue weighted by Crippen LogP contribution is -2.46. The summed E-state index contributed by atoms with van der Waals surface area (Å²) in [5.74, 6) is -2.36. The number of carboxylic acids is 1. The number of Topliss-reactive ketones (excluding diaryl/α,β-unsaturated/α-hetero) is 1. The quantitative estimate of drug-likeness (QED) is 0.0486. The van der Waals surface area contributed by atoms with Crippen molar-refractivity contribution in [2.75, 3.05) is 32.0 Å². The molecular weight excluding hydrogens is 1010 g/mol. The molecule has 2 fully saturated rings. The number of rotatable bonds is 31. The Hall–Kier alpha value is -4.10. The summed E-state index contributed by atoms with van der Waals surface area (Å²) in [6.07, 6.45) is 0.195. The number of amides is 2. The summed E-state index contributed by atoms with van der Waals surface area (Å²) in [4.78, 5) is 109. The van der Waals surface area contributed by atoms with Crippen molar-refractivity contribution in [1.82, 2.24) is 30.2 Å². The highest BCUT2D eigenvalue weighted by atomic mass is 31.3. The second-order valence-electron chi connectivity index (χ2n) is 19.7. The number of nitrogens with one attached hydrogen (secondary N) is 2. The van der Waals surface area contributed by atoms with E-state index >= 15 is 0 Å². The number of nitrogens with two attached hydrogens (primary N) is 1. The largest absolute Gasteiger partial charge is 0.790 e. The lowest BCUT2D eigenvalue weighted by molar-refractivity contribution is -0.347. The van der Waals surface area contributed by atoms with Crippen molar-refractivity contribution < 1.29 is 90.4 Å². The molecule has 2 aliphatic rings. The highest BCUT2D eigenvalue weighted by Gasteiger charge is 2.48. The highest BCUT2D eigenvalue weighted by molar-refractivity contribution is 7.59. The molecule has 2 aromatic heterocycles. The second kappa shape index (κ2) is 24.5. The minimum atomic E-state index is -5.94. The Kier molecular flexibility index (Phi) is 20.0. The molecule has 0 bridgehead atoms. The topological polar surface area (TPSA) is 412 Å². The Morgan fingerprint density at radius 3 is 2.26 bits per heavy atom. The van der Waals surface area contributed by atoms with Gasteiger partial charge in [-0.2, -0.15) is 0 Å². The number of aliphatic hydroxyl groups is 2. The number of ether oxygens (including phenoxy) is 1. The SMILES string of the molecule is CC(C)(CCCc1cccc(CCCC2(CC(=O)CCNC(=O)CCNC(=O)C(O)C(C)(C)COP(=O)([O-])OP(=O)([O-])OCC3OC(n4cnc5c(N)ncnc54)C(O)C3OP(=O)([O-])[O-])CC2)c1)CC(=O)O. The maximum Gasteiger partial charge on any atom is 0.303 e. The monoisotopic (exact) mass is 1070 g/mol.